The van der Waals surface area contributed by atoms with E-state index in [9.17, 15) is 18.0 Å². The minimum atomic E-state index is -1.23. The number of carbonyl (C=O) groups excluding carboxylic acids is 1. The number of halogens is 4. The van der Waals surface area contributed by atoms with Gasteiger partial charge in [-0.05, 0) is 30.7 Å². The lowest BCUT2D eigenvalue weighted by atomic mass is 10.0. The van der Waals surface area contributed by atoms with E-state index in [1.54, 1.807) is 6.92 Å². The van der Waals surface area contributed by atoms with Gasteiger partial charge in [-0.25, -0.2) is 13.2 Å². The van der Waals surface area contributed by atoms with E-state index in [1.165, 1.54) is 18.2 Å². The highest BCUT2D eigenvalue weighted by atomic mass is 35.5. The van der Waals surface area contributed by atoms with E-state index in [2.05, 4.69) is 0 Å². The summed E-state index contributed by atoms with van der Waals surface area (Å²) in [7, 11) is 0. The van der Waals surface area contributed by atoms with Crippen molar-refractivity contribution in [3.8, 4) is 0 Å². The van der Waals surface area contributed by atoms with Gasteiger partial charge in [-0.15, -0.1) is 0 Å². The molecule has 98 valence electrons. The van der Waals surface area contributed by atoms with Gasteiger partial charge in [-0.1, -0.05) is 11.6 Å². The zero-order chi connectivity index (χ0) is 14.2. The van der Waals surface area contributed by atoms with Gasteiger partial charge in [0.15, 0.2) is 5.78 Å². The van der Waals surface area contributed by atoms with E-state index in [0.717, 1.165) is 0 Å². The van der Waals surface area contributed by atoms with Crippen molar-refractivity contribution in [3.05, 3.63) is 69.5 Å². The summed E-state index contributed by atoms with van der Waals surface area (Å²) >= 11 is 5.81. The molecule has 0 aromatic heterocycles. The summed E-state index contributed by atoms with van der Waals surface area (Å²) in [6.07, 6.45) is 0. The Morgan fingerprint density at radius 2 is 1.63 bits per heavy atom. The van der Waals surface area contributed by atoms with Crippen LogP contribution in [0.5, 0.6) is 0 Å². The quantitative estimate of drug-likeness (QED) is 0.752. The number of benzene rings is 2. The molecular weight excluding hydrogens is 277 g/mol. The van der Waals surface area contributed by atoms with Gasteiger partial charge in [-0.3, -0.25) is 4.79 Å². The average Bonchev–Trinajstić information content (AvgIpc) is 2.31. The fraction of sp³-hybridized carbons (Fsp3) is 0.0714. The second-order valence-corrected chi connectivity index (χ2v) is 4.44. The molecule has 0 radical (unpaired) electrons. The normalized spacial score (nSPS) is 10.6. The molecule has 5 heteroatoms. The lowest BCUT2D eigenvalue weighted by molar-refractivity contribution is 0.103. The molecule has 2 aromatic rings. The fourth-order valence-corrected chi connectivity index (χ4v) is 1.81. The number of ketones is 1. The molecule has 0 heterocycles. The minimum absolute atomic E-state index is 0.0892. The molecule has 19 heavy (non-hydrogen) atoms. The first-order valence-electron chi connectivity index (χ1n) is 5.35. The monoisotopic (exact) mass is 284 g/mol. The Morgan fingerprint density at radius 3 is 2.16 bits per heavy atom. The van der Waals surface area contributed by atoms with Gasteiger partial charge in [0.2, 0.25) is 0 Å². The maximum atomic E-state index is 13.5. The van der Waals surface area contributed by atoms with Crippen LogP contribution in [0.4, 0.5) is 13.2 Å². The summed E-state index contributed by atoms with van der Waals surface area (Å²) in [6.45, 7) is 1.66. The van der Waals surface area contributed by atoms with Crippen molar-refractivity contribution < 1.29 is 18.0 Å². The van der Waals surface area contributed by atoms with Crippen molar-refractivity contribution >= 4 is 17.4 Å². The van der Waals surface area contributed by atoms with Gasteiger partial charge in [-0.2, -0.15) is 0 Å². The second-order valence-electron chi connectivity index (χ2n) is 4.04. The van der Waals surface area contributed by atoms with Gasteiger partial charge in [0.25, 0.3) is 0 Å². The van der Waals surface area contributed by atoms with Crippen molar-refractivity contribution in [2.45, 2.75) is 6.92 Å². The van der Waals surface area contributed by atoms with Crippen LogP contribution in [-0.2, 0) is 0 Å². The molecule has 0 aliphatic heterocycles. The molecule has 0 saturated heterocycles. The first-order valence-corrected chi connectivity index (χ1v) is 5.73. The van der Waals surface area contributed by atoms with Crippen molar-refractivity contribution in [1.29, 1.82) is 0 Å². The first-order chi connectivity index (χ1) is 8.90. The van der Waals surface area contributed by atoms with Crippen LogP contribution < -0.4 is 0 Å². The third-order valence-corrected chi connectivity index (χ3v) is 3.08. The first kappa shape index (κ1) is 13.6. The zero-order valence-corrected chi connectivity index (χ0v) is 10.6. The second kappa shape index (κ2) is 5.05. The summed E-state index contributed by atoms with van der Waals surface area (Å²) in [5.74, 6) is -4.38. The highest BCUT2D eigenvalue weighted by molar-refractivity contribution is 6.31. The predicted octanol–water partition coefficient (Wildman–Crippen LogP) is 4.30. The van der Waals surface area contributed by atoms with E-state index in [4.69, 9.17) is 11.6 Å². The van der Waals surface area contributed by atoms with E-state index in [1.807, 2.05) is 0 Å². The highest BCUT2D eigenvalue weighted by Gasteiger charge is 2.20. The molecule has 0 aliphatic carbocycles. The number of aryl methyl sites for hydroxylation is 1. The van der Waals surface area contributed by atoms with E-state index < -0.39 is 28.8 Å². The Balaban J connectivity index is 2.53. The van der Waals surface area contributed by atoms with Gasteiger partial charge >= 0.3 is 0 Å². The van der Waals surface area contributed by atoms with Crippen LogP contribution in [0.25, 0.3) is 0 Å². The van der Waals surface area contributed by atoms with E-state index in [-0.39, 0.29) is 5.56 Å². The molecule has 1 nitrogen and oxygen atoms in total. The summed E-state index contributed by atoms with van der Waals surface area (Å²) in [5.41, 5.74) is -0.0788. The van der Waals surface area contributed by atoms with Crippen LogP contribution in [0.2, 0.25) is 5.02 Å². The van der Waals surface area contributed by atoms with Crippen molar-refractivity contribution in [3.63, 3.8) is 0 Å². The maximum Gasteiger partial charge on any atom is 0.198 e. The van der Waals surface area contributed by atoms with Crippen molar-refractivity contribution in [1.82, 2.24) is 0 Å². The zero-order valence-electron chi connectivity index (χ0n) is 9.81. The molecule has 0 fully saturated rings. The van der Waals surface area contributed by atoms with Crippen LogP contribution in [0, 0.1) is 24.4 Å². The fourth-order valence-electron chi connectivity index (χ4n) is 1.69. The van der Waals surface area contributed by atoms with Crippen LogP contribution in [0.1, 0.15) is 21.5 Å². The lowest BCUT2D eigenvalue weighted by Gasteiger charge is -2.06. The average molecular weight is 285 g/mol. The summed E-state index contributed by atoms with van der Waals surface area (Å²) in [5, 5.41) is 0.441. The Bertz CT molecular complexity index is 645. The summed E-state index contributed by atoms with van der Waals surface area (Å²) in [6, 6.07) is 5.19. The highest BCUT2D eigenvalue weighted by Crippen LogP contribution is 2.22. The Kier molecular flexibility index (Phi) is 3.62. The molecule has 2 aromatic carbocycles. The Labute approximate surface area is 112 Å². The molecule has 0 atom stereocenters. The molecule has 0 aliphatic rings. The lowest BCUT2D eigenvalue weighted by Crippen LogP contribution is -2.08. The Morgan fingerprint density at radius 1 is 1.05 bits per heavy atom. The predicted molar refractivity (Wildman–Crippen MR) is 65.9 cm³/mol. The van der Waals surface area contributed by atoms with Crippen LogP contribution in [0.15, 0.2) is 30.3 Å². The van der Waals surface area contributed by atoms with Gasteiger partial charge < -0.3 is 0 Å². The SMILES string of the molecule is Cc1cc(C(=O)c2c(F)cc(F)cc2F)ccc1Cl. The van der Waals surface area contributed by atoms with Gasteiger partial charge in [0, 0.05) is 22.7 Å². The van der Waals surface area contributed by atoms with Crippen LogP contribution in [-0.4, -0.2) is 5.78 Å². The molecule has 0 N–H and O–H groups in total. The minimum Gasteiger partial charge on any atom is -0.288 e. The molecule has 2 rings (SSSR count). The van der Waals surface area contributed by atoms with Crippen molar-refractivity contribution in [2.24, 2.45) is 0 Å². The Hall–Kier alpha value is -1.81. The van der Waals surface area contributed by atoms with Crippen molar-refractivity contribution in [2.75, 3.05) is 0 Å². The number of carbonyl (C=O) groups is 1. The smallest absolute Gasteiger partial charge is 0.198 e. The largest absolute Gasteiger partial charge is 0.288 e. The van der Waals surface area contributed by atoms with Crippen LogP contribution in [0.3, 0.4) is 0 Å². The summed E-state index contributed by atoms with van der Waals surface area (Å²) < 4.78 is 39.8. The molecule has 0 unspecified atom stereocenters. The number of rotatable bonds is 2. The molecule has 0 bridgehead atoms. The third kappa shape index (κ3) is 2.63. The molecule has 0 saturated carbocycles. The molecule has 0 amide bonds. The standard InChI is InChI=1S/C14H8ClF3O/c1-7-4-8(2-3-10(7)15)14(19)13-11(17)5-9(16)6-12(13)18/h2-6H,1H3. The van der Waals surface area contributed by atoms with E-state index >= 15 is 0 Å². The molecule has 0 spiro atoms. The number of hydrogen-bond acceptors (Lipinski definition) is 1. The number of hydrogen-bond donors (Lipinski definition) is 0. The molecular formula is C14H8ClF3O. The maximum absolute atomic E-state index is 13.5. The summed E-state index contributed by atoms with van der Waals surface area (Å²) in [4.78, 5) is 12.0. The van der Waals surface area contributed by atoms with Crippen LogP contribution >= 0.6 is 11.6 Å². The third-order valence-electron chi connectivity index (χ3n) is 2.65. The van der Waals surface area contributed by atoms with Gasteiger partial charge in [0.05, 0.1) is 5.56 Å². The van der Waals surface area contributed by atoms with Gasteiger partial charge in [0.1, 0.15) is 17.5 Å². The van der Waals surface area contributed by atoms with E-state index in [0.29, 0.717) is 22.7 Å². The topological polar surface area (TPSA) is 17.1 Å².